The van der Waals surface area contributed by atoms with E-state index >= 15 is 0 Å². The summed E-state index contributed by atoms with van der Waals surface area (Å²) in [6.45, 7) is 6.36. The Labute approximate surface area is 106 Å². The van der Waals surface area contributed by atoms with E-state index in [1.54, 1.807) is 6.07 Å². The number of hydrogen-bond donors (Lipinski definition) is 2. The summed E-state index contributed by atoms with van der Waals surface area (Å²) in [5.74, 6) is 5.00. The lowest BCUT2D eigenvalue weighted by molar-refractivity contribution is -0.0527. The van der Waals surface area contributed by atoms with E-state index in [1.807, 2.05) is 6.92 Å². The number of carbonyl (C=O) groups excluding carboxylic acids is 1. The van der Waals surface area contributed by atoms with Gasteiger partial charge in [0.2, 0.25) is 0 Å². The van der Waals surface area contributed by atoms with Gasteiger partial charge in [-0.3, -0.25) is 15.1 Å². The Morgan fingerprint density at radius 1 is 1.61 bits per heavy atom. The lowest BCUT2D eigenvalue weighted by Gasteiger charge is -2.36. The molecule has 0 spiro atoms. The van der Waals surface area contributed by atoms with Crippen molar-refractivity contribution in [1.29, 1.82) is 0 Å². The Morgan fingerprint density at radius 2 is 2.39 bits per heavy atom. The van der Waals surface area contributed by atoms with E-state index in [4.69, 9.17) is 15.0 Å². The first-order valence-electron chi connectivity index (χ1n) is 6.04. The van der Waals surface area contributed by atoms with E-state index < -0.39 is 5.91 Å². The fourth-order valence-electron chi connectivity index (χ4n) is 2.14. The molecule has 2 heterocycles. The number of furan rings is 1. The standard InChI is InChI=1S/C12H19N3O3/c1-8-7-18-9(2)5-15(8)6-10-3-4-17-11(10)12(16)14-13/h3-4,8-9H,5-7,13H2,1-2H3,(H,14,16). The molecule has 0 radical (unpaired) electrons. The average Bonchev–Trinajstić information content (AvgIpc) is 2.81. The van der Waals surface area contributed by atoms with Crippen molar-refractivity contribution in [3.05, 3.63) is 23.7 Å². The van der Waals surface area contributed by atoms with Crippen LogP contribution in [0, 0.1) is 0 Å². The molecule has 0 aromatic carbocycles. The van der Waals surface area contributed by atoms with Crippen LogP contribution in [0.2, 0.25) is 0 Å². The molecule has 1 aliphatic rings. The Kier molecular flexibility index (Phi) is 4.00. The fourth-order valence-corrected chi connectivity index (χ4v) is 2.14. The van der Waals surface area contributed by atoms with E-state index in [0.717, 1.165) is 12.1 Å². The third kappa shape index (κ3) is 2.72. The van der Waals surface area contributed by atoms with Gasteiger partial charge in [0.15, 0.2) is 5.76 Å². The van der Waals surface area contributed by atoms with Crippen molar-refractivity contribution in [3.63, 3.8) is 0 Å². The predicted molar refractivity (Wildman–Crippen MR) is 65.6 cm³/mol. The molecule has 2 unspecified atom stereocenters. The van der Waals surface area contributed by atoms with Crippen LogP contribution in [0.1, 0.15) is 30.0 Å². The molecule has 0 aliphatic carbocycles. The number of nitrogens with one attached hydrogen (secondary N) is 1. The molecular weight excluding hydrogens is 234 g/mol. The molecule has 6 heteroatoms. The van der Waals surface area contributed by atoms with Crippen LogP contribution in [0.5, 0.6) is 0 Å². The molecule has 2 rings (SSSR count). The van der Waals surface area contributed by atoms with Gasteiger partial charge < -0.3 is 9.15 Å². The lowest BCUT2D eigenvalue weighted by atomic mass is 10.1. The molecule has 1 aromatic rings. The molecule has 1 amide bonds. The number of nitrogens with two attached hydrogens (primary N) is 1. The predicted octanol–water partition coefficient (Wildman–Crippen LogP) is 0.492. The van der Waals surface area contributed by atoms with Crippen LogP contribution < -0.4 is 11.3 Å². The normalized spacial score (nSPS) is 25.1. The molecule has 3 N–H and O–H groups in total. The minimum absolute atomic E-state index is 0.208. The van der Waals surface area contributed by atoms with Gasteiger partial charge >= 0.3 is 5.91 Å². The number of hydrazine groups is 1. The summed E-state index contributed by atoms with van der Waals surface area (Å²) in [5, 5.41) is 0. The van der Waals surface area contributed by atoms with Crippen molar-refractivity contribution < 1.29 is 13.9 Å². The molecule has 1 saturated heterocycles. The van der Waals surface area contributed by atoms with Gasteiger partial charge in [0.1, 0.15) is 0 Å². The maximum absolute atomic E-state index is 11.5. The van der Waals surface area contributed by atoms with Gasteiger partial charge in [0, 0.05) is 24.7 Å². The van der Waals surface area contributed by atoms with E-state index in [9.17, 15) is 4.79 Å². The van der Waals surface area contributed by atoms with Crippen LogP contribution in [0.3, 0.4) is 0 Å². The Bertz CT molecular complexity index is 418. The molecule has 18 heavy (non-hydrogen) atoms. The van der Waals surface area contributed by atoms with Crippen LogP contribution in [-0.2, 0) is 11.3 Å². The number of nitrogen functional groups attached to an aromatic ring is 1. The third-order valence-electron chi connectivity index (χ3n) is 3.19. The van der Waals surface area contributed by atoms with Gasteiger partial charge in [-0.2, -0.15) is 0 Å². The quantitative estimate of drug-likeness (QED) is 0.465. The van der Waals surface area contributed by atoms with Gasteiger partial charge in [0.05, 0.1) is 19.0 Å². The van der Waals surface area contributed by atoms with Crippen molar-refractivity contribution in [2.24, 2.45) is 5.84 Å². The van der Waals surface area contributed by atoms with Crippen molar-refractivity contribution in [2.45, 2.75) is 32.5 Å². The van der Waals surface area contributed by atoms with Crippen LogP contribution in [-0.4, -0.2) is 36.1 Å². The second kappa shape index (κ2) is 5.51. The summed E-state index contributed by atoms with van der Waals surface area (Å²) in [4.78, 5) is 13.8. The Morgan fingerprint density at radius 3 is 3.11 bits per heavy atom. The highest BCUT2D eigenvalue weighted by Gasteiger charge is 2.25. The highest BCUT2D eigenvalue weighted by Crippen LogP contribution is 2.18. The smallest absolute Gasteiger partial charge is 0.301 e. The number of rotatable bonds is 3. The second-order valence-corrected chi connectivity index (χ2v) is 4.67. The summed E-state index contributed by atoms with van der Waals surface area (Å²) in [6, 6.07) is 2.13. The third-order valence-corrected chi connectivity index (χ3v) is 3.19. The molecular formula is C12H19N3O3. The lowest BCUT2D eigenvalue weighted by Crippen LogP contribution is -2.46. The van der Waals surface area contributed by atoms with E-state index in [-0.39, 0.29) is 11.9 Å². The minimum atomic E-state index is -0.399. The first-order chi connectivity index (χ1) is 8.61. The Balaban J connectivity index is 2.09. The first kappa shape index (κ1) is 13.1. The highest BCUT2D eigenvalue weighted by atomic mass is 16.5. The van der Waals surface area contributed by atoms with E-state index in [1.165, 1.54) is 6.26 Å². The van der Waals surface area contributed by atoms with Crippen molar-refractivity contribution >= 4 is 5.91 Å². The van der Waals surface area contributed by atoms with Gasteiger partial charge in [-0.25, -0.2) is 5.84 Å². The molecule has 0 bridgehead atoms. The molecule has 100 valence electrons. The van der Waals surface area contributed by atoms with Crippen molar-refractivity contribution in [3.8, 4) is 0 Å². The van der Waals surface area contributed by atoms with Gasteiger partial charge in [-0.1, -0.05) is 0 Å². The van der Waals surface area contributed by atoms with Gasteiger partial charge in [0.25, 0.3) is 0 Å². The number of ether oxygens (including phenoxy) is 1. The highest BCUT2D eigenvalue weighted by molar-refractivity contribution is 5.92. The van der Waals surface area contributed by atoms with Crippen LogP contribution in [0.15, 0.2) is 16.7 Å². The summed E-state index contributed by atoms with van der Waals surface area (Å²) in [6.07, 6.45) is 1.72. The number of amides is 1. The fraction of sp³-hybridized carbons (Fsp3) is 0.583. The monoisotopic (exact) mass is 253 g/mol. The van der Waals surface area contributed by atoms with Crippen molar-refractivity contribution in [2.75, 3.05) is 13.2 Å². The average molecular weight is 253 g/mol. The number of carbonyl (C=O) groups is 1. The zero-order chi connectivity index (χ0) is 13.1. The molecule has 1 aliphatic heterocycles. The maximum atomic E-state index is 11.5. The topological polar surface area (TPSA) is 80.7 Å². The minimum Gasteiger partial charge on any atom is -0.459 e. The molecule has 1 fully saturated rings. The van der Waals surface area contributed by atoms with Crippen LogP contribution in [0.4, 0.5) is 0 Å². The van der Waals surface area contributed by atoms with Gasteiger partial charge in [-0.15, -0.1) is 0 Å². The zero-order valence-electron chi connectivity index (χ0n) is 10.7. The van der Waals surface area contributed by atoms with Crippen molar-refractivity contribution in [1.82, 2.24) is 10.3 Å². The molecule has 0 saturated carbocycles. The summed E-state index contributed by atoms with van der Waals surface area (Å²) in [7, 11) is 0. The van der Waals surface area contributed by atoms with E-state index in [0.29, 0.717) is 19.2 Å². The maximum Gasteiger partial charge on any atom is 0.301 e. The zero-order valence-corrected chi connectivity index (χ0v) is 10.7. The Hall–Kier alpha value is -1.37. The van der Waals surface area contributed by atoms with E-state index in [2.05, 4.69) is 17.2 Å². The van der Waals surface area contributed by atoms with Gasteiger partial charge in [-0.05, 0) is 19.9 Å². The van der Waals surface area contributed by atoms with Crippen LogP contribution >= 0.6 is 0 Å². The summed E-state index contributed by atoms with van der Waals surface area (Å²) < 4.78 is 10.7. The van der Waals surface area contributed by atoms with Crippen LogP contribution in [0.25, 0.3) is 0 Å². The molecule has 6 nitrogen and oxygen atoms in total. The largest absolute Gasteiger partial charge is 0.459 e. The SMILES string of the molecule is CC1CN(Cc2ccoc2C(=O)NN)C(C)CO1. The number of nitrogens with zero attached hydrogens (tertiary/aromatic N) is 1. The second-order valence-electron chi connectivity index (χ2n) is 4.67. The summed E-state index contributed by atoms with van der Waals surface area (Å²) >= 11 is 0. The number of morpholine rings is 1. The molecule has 1 aromatic heterocycles. The molecule has 2 atom stereocenters. The number of hydrogen-bond acceptors (Lipinski definition) is 5. The first-order valence-corrected chi connectivity index (χ1v) is 6.04. The summed E-state index contributed by atoms with van der Waals surface area (Å²) in [5.41, 5.74) is 2.94.